The van der Waals surface area contributed by atoms with Crippen LogP contribution in [-0.4, -0.2) is 49.5 Å². The fraction of sp³-hybridized carbons (Fsp3) is 0.280. The maximum atomic E-state index is 13.5. The molecule has 0 saturated carbocycles. The summed E-state index contributed by atoms with van der Waals surface area (Å²) < 4.78 is 11.5. The molecule has 0 fully saturated rings. The van der Waals surface area contributed by atoms with Gasteiger partial charge in [-0.2, -0.15) is 0 Å². The van der Waals surface area contributed by atoms with Crippen LogP contribution in [0.5, 0.6) is 5.75 Å². The fourth-order valence-electron chi connectivity index (χ4n) is 4.03. The summed E-state index contributed by atoms with van der Waals surface area (Å²) in [6, 6.07) is 11.8. The lowest BCUT2D eigenvalue weighted by Crippen LogP contribution is -2.32. The third-order valence-electron chi connectivity index (χ3n) is 5.50. The van der Waals surface area contributed by atoms with Gasteiger partial charge in [-0.05, 0) is 63.0 Å². The number of hydrogen-bond acceptors (Lipinski definition) is 5. The number of amides is 1. The van der Waals surface area contributed by atoms with E-state index in [1.54, 1.807) is 29.2 Å². The van der Waals surface area contributed by atoms with E-state index in [0.29, 0.717) is 40.5 Å². The average Bonchev–Trinajstić information content (AvgIpc) is 3.05. The first kappa shape index (κ1) is 22.1. The van der Waals surface area contributed by atoms with Gasteiger partial charge in [-0.15, -0.1) is 0 Å². The molecule has 6 nitrogen and oxygen atoms in total. The van der Waals surface area contributed by atoms with Gasteiger partial charge in [0.25, 0.3) is 5.91 Å². The predicted octanol–water partition coefficient (Wildman–Crippen LogP) is 4.51. The molecule has 0 spiro atoms. The van der Waals surface area contributed by atoms with Crippen molar-refractivity contribution in [2.45, 2.75) is 12.5 Å². The van der Waals surface area contributed by atoms with E-state index in [2.05, 4.69) is 11.5 Å². The van der Waals surface area contributed by atoms with Crippen LogP contribution in [0.25, 0.3) is 11.0 Å². The van der Waals surface area contributed by atoms with E-state index in [1.807, 2.05) is 38.4 Å². The van der Waals surface area contributed by atoms with E-state index >= 15 is 0 Å². The monoisotopic (exact) mass is 452 g/mol. The molecule has 4 rings (SSSR count). The summed E-state index contributed by atoms with van der Waals surface area (Å²) in [5, 5.41) is 0.812. The van der Waals surface area contributed by atoms with Gasteiger partial charge in [0, 0.05) is 11.6 Å². The van der Waals surface area contributed by atoms with Crippen LogP contribution >= 0.6 is 11.6 Å². The minimum Gasteiger partial charge on any atom is -0.490 e. The molecule has 0 N–H and O–H groups in total. The molecule has 1 amide bonds. The molecule has 166 valence electrons. The summed E-state index contributed by atoms with van der Waals surface area (Å²) >= 11 is 6.13. The summed E-state index contributed by atoms with van der Waals surface area (Å²) in [5.74, 6) is 0.519. The number of carbonyl (C=O) groups is 1. The van der Waals surface area contributed by atoms with Crippen LogP contribution in [0.3, 0.4) is 0 Å². The SMILES string of the molecule is C=CCOc1ccc(C2c3c(oc4ccc(Cl)cc4c3=O)C(=O)N2CCCN(C)C)cc1. The minimum atomic E-state index is -0.534. The summed E-state index contributed by atoms with van der Waals surface area (Å²) in [6.45, 7) is 5.37. The van der Waals surface area contributed by atoms with Crippen LogP contribution in [0.2, 0.25) is 5.02 Å². The quantitative estimate of drug-likeness (QED) is 0.470. The van der Waals surface area contributed by atoms with E-state index in [4.69, 9.17) is 20.8 Å². The first-order valence-corrected chi connectivity index (χ1v) is 10.8. The van der Waals surface area contributed by atoms with Gasteiger partial charge in [0.05, 0.1) is 17.0 Å². The number of halogens is 1. The first-order valence-electron chi connectivity index (χ1n) is 10.5. The third-order valence-corrected chi connectivity index (χ3v) is 5.73. The van der Waals surface area contributed by atoms with E-state index in [1.165, 1.54) is 0 Å². The standard InChI is InChI=1S/C25H25ClN2O4/c1-4-14-31-18-9-6-16(7-10-18)22-21-23(29)19-15-17(26)8-11-20(19)32-24(21)25(30)28(22)13-5-12-27(2)3/h4,6-11,15,22H,1,5,12-14H2,2-3H3. The van der Waals surface area contributed by atoms with Crippen LogP contribution in [-0.2, 0) is 0 Å². The normalized spacial score (nSPS) is 15.4. The highest BCUT2D eigenvalue weighted by Gasteiger charge is 2.42. The lowest BCUT2D eigenvalue weighted by atomic mass is 9.98. The van der Waals surface area contributed by atoms with Gasteiger partial charge in [0.15, 0.2) is 5.43 Å². The van der Waals surface area contributed by atoms with Gasteiger partial charge in [0.1, 0.15) is 17.9 Å². The average molecular weight is 453 g/mol. The van der Waals surface area contributed by atoms with Crippen molar-refractivity contribution < 1.29 is 13.9 Å². The second-order valence-electron chi connectivity index (χ2n) is 8.04. The van der Waals surface area contributed by atoms with Crippen LogP contribution in [0.15, 0.2) is 64.3 Å². The lowest BCUT2D eigenvalue weighted by Gasteiger charge is -2.26. The third kappa shape index (κ3) is 4.16. The molecule has 3 aromatic rings. The molecule has 1 unspecified atom stereocenters. The van der Waals surface area contributed by atoms with E-state index in [9.17, 15) is 9.59 Å². The Hall–Kier alpha value is -3.09. The first-order chi connectivity index (χ1) is 15.4. The van der Waals surface area contributed by atoms with Crippen molar-refractivity contribution in [3.63, 3.8) is 0 Å². The van der Waals surface area contributed by atoms with Gasteiger partial charge in [-0.3, -0.25) is 9.59 Å². The van der Waals surface area contributed by atoms with Crippen molar-refractivity contribution in [1.82, 2.24) is 9.80 Å². The summed E-state index contributed by atoms with van der Waals surface area (Å²) in [6.07, 6.45) is 2.44. The van der Waals surface area contributed by atoms with Crippen molar-refractivity contribution >= 4 is 28.5 Å². The maximum Gasteiger partial charge on any atom is 0.290 e. The van der Waals surface area contributed by atoms with Crippen LogP contribution < -0.4 is 10.2 Å². The molecule has 0 radical (unpaired) electrons. The zero-order valence-corrected chi connectivity index (χ0v) is 18.9. The molecule has 0 aliphatic carbocycles. The van der Waals surface area contributed by atoms with Crippen molar-refractivity contribution in [2.24, 2.45) is 0 Å². The second-order valence-corrected chi connectivity index (χ2v) is 8.48. The number of fused-ring (bicyclic) bond motifs is 2. The Bertz CT molecular complexity index is 1220. The molecular weight excluding hydrogens is 428 g/mol. The Balaban J connectivity index is 1.81. The van der Waals surface area contributed by atoms with Crippen molar-refractivity contribution in [1.29, 1.82) is 0 Å². The summed E-state index contributed by atoms with van der Waals surface area (Å²) in [7, 11) is 3.98. The smallest absolute Gasteiger partial charge is 0.290 e. The Morgan fingerprint density at radius 2 is 1.94 bits per heavy atom. The zero-order valence-electron chi connectivity index (χ0n) is 18.1. The highest BCUT2D eigenvalue weighted by atomic mass is 35.5. The Labute approximate surface area is 191 Å². The number of rotatable bonds is 8. The maximum absolute atomic E-state index is 13.5. The fourth-order valence-corrected chi connectivity index (χ4v) is 4.20. The molecular formula is C25H25ClN2O4. The molecule has 1 aliphatic rings. The number of ether oxygens (including phenoxy) is 1. The second kappa shape index (κ2) is 9.18. The minimum absolute atomic E-state index is 0.103. The van der Waals surface area contributed by atoms with Crippen molar-refractivity contribution in [3.8, 4) is 5.75 Å². The Morgan fingerprint density at radius 1 is 1.19 bits per heavy atom. The number of hydrogen-bond donors (Lipinski definition) is 0. The number of nitrogens with zero attached hydrogens (tertiary/aromatic N) is 2. The van der Waals surface area contributed by atoms with E-state index in [-0.39, 0.29) is 17.1 Å². The lowest BCUT2D eigenvalue weighted by molar-refractivity contribution is 0.0722. The van der Waals surface area contributed by atoms with E-state index in [0.717, 1.165) is 18.5 Å². The number of carbonyl (C=O) groups excluding carboxylic acids is 1. The highest BCUT2D eigenvalue weighted by Crippen LogP contribution is 2.38. The van der Waals surface area contributed by atoms with Gasteiger partial charge in [-0.1, -0.05) is 36.4 Å². The van der Waals surface area contributed by atoms with Gasteiger partial charge >= 0.3 is 0 Å². The van der Waals surface area contributed by atoms with Crippen LogP contribution in [0, 0.1) is 0 Å². The van der Waals surface area contributed by atoms with Crippen molar-refractivity contribution in [2.75, 3.05) is 33.8 Å². The summed E-state index contributed by atoms with van der Waals surface area (Å²) in [4.78, 5) is 30.6. The molecule has 1 atom stereocenters. The van der Waals surface area contributed by atoms with Crippen molar-refractivity contribution in [3.05, 3.63) is 87.3 Å². The van der Waals surface area contributed by atoms with Gasteiger partial charge in [0.2, 0.25) is 5.76 Å². The zero-order chi connectivity index (χ0) is 22.8. The molecule has 2 heterocycles. The Kier molecular flexibility index (Phi) is 6.35. The summed E-state index contributed by atoms with van der Waals surface area (Å²) in [5.41, 5.74) is 1.30. The molecule has 0 saturated heterocycles. The molecule has 1 aromatic heterocycles. The van der Waals surface area contributed by atoms with E-state index < -0.39 is 6.04 Å². The van der Waals surface area contributed by atoms with Crippen LogP contribution in [0.4, 0.5) is 0 Å². The molecule has 1 aliphatic heterocycles. The topological polar surface area (TPSA) is 63.0 Å². The highest BCUT2D eigenvalue weighted by molar-refractivity contribution is 6.31. The molecule has 7 heteroatoms. The van der Waals surface area contributed by atoms with Gasteiger partial charge < -0.3 is 19.0 Å². The largest absolute Gasteiger partial charge is 0.490 e. The molecule has 32 heavy (non-hydrogen) atoms. The Morgan fingerprint density at radius 3 is 2.62 bits per heavy atom. The molecule has 0 bridgehead atoms. The van der Waals surface area contributed by atoms with Crippen LogP contribution in [0.1, 0.15) is 34.1 Å². The van der Waals surface area contributed by atoms with Gasteiger partial charge in [-0.25, -0.2) is 0 Å². The number of benzene rings is 2. The molecule has 2 aromatic carbocycles. The predicted molar refractivity (Wildman–Crippen MR) is 126 cm³/mol.